The Morgan fingerprint density at radius 2 is 2.33 bits per heavy atom. The van der Waals surface area contributed by atoms with E-state index in [2.05, 4.69) is 21.2 Å². The number of amides is 1. The van der Waals surface area contributed by atoms with Gasteiger partial charge in [0.1, 0.15) is 5.60 Å². The van der Waals surface area contributed by atoms with Gasteiger partial charge in [0.2, 0.25) is 0 Å². The Morgan fingerprint density at radius 1 is 1.56 bits per heavy atom. The van der Waals surface area contributed by atoms with Crippen molar-refractivity contribution in [1.29, 1.82) is 0 Å². The summed E-state index contributed by atoms with van der Waals surface area (Å²) in [5.74, 6) is -0.181. The number of ether oxygens (including phenoxy) is 1. The zero-order valence-electron chi connectivity index (χ0n) is 10.2. The maximum atomic E-state index is 12.0. The summed E-state index contributed by atoms with van der Waals surface area (Å²) in [5.41, 5.74) is 0.679. The molecule has 1 aromatic carbocycles. The molecule has 0 aromatic heterocycles. The quantitative estimate of drug-likeness (QED) is 0.892. The molecule has 1 fully saturated rings. The highest BCUT2D eigenvalue weighted by Crippen LogP contribution is 2.18. The lowest BCUT2D eigenvalue weighted by atomic mass is 10.0. The van der Waals surface area contributed by atoms with Crippen molar-refractivity contribution in [2.24, 2.45) is 0 Å². The average molecular weight is 314 g/mol. The van der Waals surface area contributed by atoms with Crippen LogP contribution in [0.4, 0.5) is 0 Å². The molecule has 0 aliphatic carbocycles. The van der Waals surface area contributed by atoms with E-state index >= 15 is 0 Å². The number of hydrogen-bond acceptors (Lipinski definition) is 3. The van der Waals surface area contributed by atoms with E-state index in [0.29, 0.717) is 18.6 Å². The average Bonchev–Trinajstić information content (AvgIpc) is 2.72. The summed E-state index contributed by atoms with van der Waals surface area (Å²) < 4.78 is 6.00. The number of carbonyl (C=O) groups excluding carboxylic acids is 1. The van der Waals surface area contributed by atoms with E-state index in [0.717, 1.165) is 10.0 Å². The molecule has 0 radical (unpaired) electrons. The van der Waals surface area contributed by atoms with E-state index < -0.39 is 5.60 Å². The van der Waals surface area contributed by atoms with Gasteiger partial charge in [-0.05, 0) is 30.7 Å². The van der Waals surface area contributed by atoms with Crippen molar-refractivity contribution in [3.63, 3.8) is 0 Å². The summed E-state index contributed by atoms with van der Waals surface area (Å²) in [7, 11) is 0. The van der Waals surface area contributed by atoms with Crippen LogP contribution in [-0.4, -0.2) is 36.4 Å². The maximum Gasteiger partial charge on any atom is 0.251 e. The van der Waals surface area contributed by atoms with Crippen LogP contribution in [0.15, 0.2) is 22.7 Å². The van der Waals surface area contributed by atoms with Gasteiger partial charge in [0.05, 0.1) is 6.61 Å². The second-order valence-electron chi connectivity index (χ2n) is 4.73. The van der Waals surface area contributed by atoms with Crippen LogP contribution in [0.25, 0.3) is 0 Å². The van der Waals surface area contributed by atoms with Crippen LogP contribution in [-0.2, 0) is 4.74 Å². The van der Waals surface area contributed by atoms with E-state index in [-0.39, 0.29) is 19.1 Å². The Labute approximate surface area is 114 Å². The lowest BCUT2D eigenvalue weighted by molar-refractivity contribution is 0.0264. The van der Waals surface area contributed by atoms with Crippen molar-refractivity contribution in [1.82, 2.24) is 5.32 Å². The Hall–Kier alpha value is -0.910. The Balaban J connectivity index is 1.99. The SMILES string of the molecule is Cc1cc(Br)cc(C(=O)NC[C@@]2(O)CCOC2)c1. The summed E-state index contributed by atoms with van der Waals surface area (Å²) in [6.45, 7) is 2.98. The first-order valence-corrected chi connectivity index (χ1v) is 6.63. The molecule has 1 saturated heterocycles. The third-order valence-corrected chi connectivity index (χ3v) is 3.42. The minimum Gasteiger partial charge on any atom is -0.386 e. The van der Waals surface area contributed by atoms with Gasteiger partial charge in [-0.3, -0.25) is 4.79 Å². The van der Waals surface area contributed by atoms with Crippen LogP contribution in [0.1, 0.15) is 22.3 Å². The highest BCUT2D eigenvalue weighted by atomic mass is 79.9. The lowest BCUT2D eigenvalue weighted by Crippen LogP contribution is -2.43. The van der Waals surface area contributed by atoms with Gasteiger partial charge in [0, 0.05) is 29.6 Å². The summed E-state index contributed by atoms with van der Waals surface area (Å²) in [6.07, 6.45) is 0.560. The molecule has 0 spiro atoms. The number of hydrogen-bond donors (Lipinski definition) is 2. The second-order valence-corrected chi connectivity index (χ2v) is 5.64. The van der Waals surface area contributed by atoms with Gasteiger partial charge < -0.3 is 15.2 Å². The summed E-state index contributed by atoms with van der Waals surface area (Å²) in [4.78, 5) is 12.0. The maximum absolute atomic E-state index is 12.0. The van der Waals surface area contributed by atoms with Gasteiger partial charge in [-0.15, -0.1) is 0 Å². The van der Waals surface area contributed by atoms with Crippen molar-refractivity contribution in [2.45, 2.75) is 18.9 Å². The highest BCUT2D eigenvalue weighted by molar-refractivity contribution is 9.10. The molecule has 2 N–H and O–H groups in total. The fourth-order valence-electron chi connectivity index (χ4n) is 1.95. The molecule has 1 aliphatic rings. The predicted molar refractivity (Wildman–Crippen MR) is 71.6 cm³/mol. The lowest BCUT2D eigenvalue weighted by Gasteiger charge is -2.20. The third-order valence-electron chi connectivity index (χ3n) is 2.96. The molecule has 0 saturated carbocycles. The van der Waals surface area contributed by atoms with Crippen molar-refractivity contribution in [2.75, 3.05) is 19.8 Å². The van der Waals surface area contributed by atoms with Gasteiger partial charge in [-0.25, -0.2) is 0 Å². The molecule has 98 valence electrons. The summed E-state index contributed by atoms with van der Waals surface area (Å²) >= 11 is 3.36. The molecule has 4 nitrogen and oxygen atoms in total. The van der Waals surface area contributed by atoms with E-state index in [1.165, 1.54) is 0 Å². The predicted octanol–water partition coefficient (Wildman–Crippen LogP) is 1.64. The van der Waals surface area contributed by atoms with Crippen molar-refractivity contribution >= 4 is 21.8 Å². The smallest absolute Gasteiger partial charge is 0.251 e. The molecule has 1 aromatic rings. The first-order valence-electron chi connectivity index (χ1n) is 5.84. The molecule has 0 bridgehead atoms. The van der Waals surface area contributed by atoms with Gasteiger partial charge >= 0.3 is 0 Å². The highest BCUT2D eigenvalue weighted by Gasteiger charge is 2.32. The fourth-order valence-corrected chi connectivity index (χ4v) is 2.56. The summed E-state index contributed by atoms with van der Waals surface area (Å²) in [6, 6.07) is 5.52. The molecule has 1 heterocycles. The van der Waals surface area contributed by atoms with Crippen LogP contribution in [0.3, 0.4) is 0 Å². The zero-order valence-corrected chi connectivity index (χ0v) is 11.8. The molecule has 1 atom stereocenters. The number of benzene rings is 1. The van der Waals surface area contributed by atoms with Crippen molar-refractivity contribution in [3.05, 3.63) is 33.8 Å². The molecular formula is C13H16BrNO3. The third kappa shape index (κ3) is 3.31. The Kier molecular flexibility index (Phi) is 4.04. The van der Waals surface area contributed by atoms with E-state index in [1.54, 1.807) is 6.07 Å². The Morgan fingerprint density at radius 3 is 2.94 bits per heavy atom. The number of nitrogens with one attached hydrogen (secondary N) is 1. The molecule has 0 unspecified atom stereocenters. The van der Waals surface area contributed by atoms with Crippen molar-refractivity contribution < 1.29 is 14.6 Å². The number of aliphatic hydroxyl groups is 1. The normalized spacial score (nSPS) is 23.1. The van der Waals surface area contributed by atoms with Crippen LogP contribution in [0.5, 0.6) is 0 Å². The Bertz CT molecular complexity index is 435. The van der Waals surface area contributed by atoms with E-state index in [1.807, 2.05) is 19.1 Å². The van der Waals surface area contributed by atoms with Crippen LogP contribution in [0.2, 0.25) is 0 Å². The standard InChI is InChI=1S/C13H16BrNO3/c1-9-4-10(6-11(14)5-9)12(16)15-7-13(17)2-3-18-8-13/h4-6,17H,2-3,7-8H2,1H3,(H,15,16)/t13-/m0/s1. The van der Waals surface area contributed by atoms with Gasteiger partial charge in [-0.1, -0.05) is 15.9 Å². The monoisotopic (exact) mass is 313 g/mol. The number of aryl methyl sites for hydroxylation is 1. The first kappa shape index (κ1) is 13.5. The largest absolute Gasteiger partial charge is 0.386 e. The first-order chi connectivity index (χ1) is 8.48. The topological polar surface area (TPSA) is 58.6 Å². The van der Waals surface area contributed by atoms with Crippen LogP contribution in [0, 0.1) is 6.92 Å². The fraction of sp³-hybridized carbons (Fsp3) is 0.462. The van der Waals surface area contributed by atoms with Gasteiger partial charge in [0.25, 0.3) is 5.91 Å². The minimum atomic E-state index is -0.920. The molecular weight excluding hydrogens is 298 g/mol. The number of rotatable bonds is 3. The van der Waals surface area contributed by atoms with Gasteiger partial charge in [0.15, 0.2) is 0 Å². The molecule has 1 aliphatic heterocycles. The minimum absolute atomic E-state index is 0.181. The molecule has 2 rings (SSSR count). The van der Waals surface area contributed by atoms with Gasteiger partial charge in [-0.2, -0.15) is 0 Å². The van der Waals surface area contributed by atoms with Crippen LogP contribution < -0.4 is 5.32 Å². The second kappa shape index (κ2) is 5.38. The zero-order chi connectivity index (χ0) is 13.2. The summed E-state index contributed by atoms with van der Waals surface area (Å²) in [5, 5.41) is 12.8. The number of carbonyl (C=O) groups is 1. The number of halogens is 1. The molecule has 18 heavy (non-hydrogen) atoms. The molecule has 5 heteroatoms. The molecule has 1 amide bonds. The van der Waals surface area contributed by atoms with E-state index in [4.69, 9.17) is 4.74 Å². The van der Waals surface area contributed by atoms with Crippen molar-refractivity contribution in [3.8, 4) is 0 Å². The van der Waals surface area contributed by atoms with E-state index in [9.17, 15) is 9.90 Å². The van der Waals surface area contributed by atoms with Crippen LogP contribution >= 0.6 is 15.9 Å².